The van der Waals surface area contributed by atoms with Crippen molar-refractivity contribution in [2.45, 2.75) is 18.8 Å². The third-order valence-corrected chi connectivity index (χ3v) is 2.91. The first kappa shape index (κ1) is 11.8. The summed E-state index contributed by atoms with van der Waals surface area (Å²) in [5, 5.41) is 8.73. The normalized spacial score (nSPS) is 14.3. The van der Waals surface area contributed by atoms with Crippen LogP contribution in [-0.4, -0.2) is 10.3 Å². The molecule has 0 radical (unpaired) electrons. The number of phenolic OH excluding ortho intramolecular Hbond substituents is 1. The second-order valence-corrected chi connectivity index (χ2v) is 3.99. The summed E-state index contributed by atoms with van der Waals surface area (Å²) in [6, 6.07) is 6.46. The molecule has 1 atom stereocenters. The standard InChI is InChI=1S/C12H13ClO2/c1-3-8-12(2,11(13)15)9-4-6-10(14)7-5-9/h3-7,14H,1,8H2,2H3. The Bertz CT molecular complexity index is 370. The van der Waals surface area contributed by atoms with Gasteiger partial charge in [0.2, 0.25) is 5.24 Å². The summed E-state index contributed by atoms with van der Waals surface area (Å²) < 4.78 is 0. The zero-order valence-electron chi connectivity index (χ0n) is 8.53. The second-order valence-electron chi connectivity index (χ2n) is 3.65. The molecule has 3 heteroatoms. The second kappa shape index (κ2) is 4.49. The van der Waals surface area contributed by atoms with Gasteiger partial charge in [-0.05, 0) is 42.6 Å². The molecular weight excluding hydrogens is 212 g/mol. The van der Waals surface area contributed by atoms with E-state index in [1.165, 1.54) is 12.1 Å². The molecule has 0 aliphatic carbocycles. The van der Waals surface area contributed by atoms with E-state index in [2.05, 4.69) is 6.58 Å². The van der Waals surface area contributed by atoms with Crippen LogP contribution in [0.25, 0.3) is 0 Å². The molecule has 0 aliphatic rings. The molecule has 0 fully saturated rings. The number of carbonyl (C=O) groups excluding carboxylic acids is 1. The number of hydrogen-bond acceptors (Lipinski definition) is 2. The van der Waals surface area contributed by atoms with Crippen LogP contribution in [0, 0.1) is 0 Å². The highest BCUT2D eigenvalue weighted by atomic mass is 35.5. The van der Waals surface area contributed by atoms with Gasteiger partial charge in [-0.3, -0.25) is 4.79 Å². The monoisotopic (exact) mass is 224 g/mol. The highest BCUT2D eigenvalue weighted by molar-refractivity contribution is 6.65. The quantitative estimate of drug-likeness (QED) is 0.631. The van der Waals surface area contributed by atoms with Gasteiger partial charge in [0.15, 0.2) is 0 Å². The van der Waals surface area contributed by atoms with Gasteiger partial charge in [-0.1, -0.05) is 18.2 Å². The maximum Gasteiger partial charge on any atom is 0.232 e. The van der Waals surface area contributed by atoms with Crippen molar-refractivity contribution in [1.82, 2.24) is 0 Å². The van der Waals surface area contributed by atoms with Gasteiger partial charge in [-0.2, -0.15) is 0 Å². The molecule has 0 aromatic heterocycles. The number of hydrogen-bond donors (Lipinski definition) is 1. The molecule has 0 bridgehead atoms. The van der Waals surface area contributed by atoms with Crippen LogP contribution >= 0.6 is 11.6 Å². The van der Waals surface area contributed by atoms with E-state index in [-0.39, 0.29) is 5.75 Å². The van der Waals surface area contributed by atoms with Gasteiger partial charge in [0.05, 0.1) is 5.41 Å². The lowest BCUT2D eigenvalue weighted by atomic mass is 9.81. The molecule has 1 N–H and O–H groups in total. The number of aromatic hydroxyl groups is 1. The topological polar surface area (TPSA) is 37.3 Å². The van der Waals surface area contributed by atoms with Crippen LogP contribution in [0.3, 0.4) is 0 Å². The molecule has 0 spiro atoms. The molecule has 1 rings (SSSR count). The molecule has 1 aromatic carbocycles. The summed E-state index contributed by atoms with van der Waals surface area (Å²) in [5.41, 5.74) is 0.0111. The van der Waals surface area contributed by atoms with Crippen molar-refractivity contribution >= 4 is 16.8 Å². The van der Waals surface area contributed by atoms with Crippen LogP contribution in [-0.2, 0) is 10.2 Å². The van der Waals surface area contributed by atoms with Crippen molar-refractivity contribution in [3.8, 4) is 5.75 Å². The first-order chi connectivity index (χ1) is 7.00. The first-order valence-corrected chi connectivity index (χ1v) is 4.99. The molecule has 80 valence electrons. The van der Waals surface area contributed by atoms with Crippen LogP contribution in [0.5, 0.6) is 5.75 Å². The van der Waals surface area contributed by atoms with Gasteiger partial charge in [-0.15, -0.1) is 6.58 Å². The minimum absolute atomic E-state index is 0.168. The fourth-order valence-corrected chi connectivity index (χ4v) is 1.62. The van der Waals surface area contributed by atoms with Crippen molar-refractivity contribution in [2.24, 2.45) is 0 Å². The summed E-state index contributed by atoms with van der Waals surface area (Å²) in [5.74, 6) is 0.168. The summed E-state index contributed by atoms with van der Waals surface area (Å²) in [6.07, 6.45) is 2.13. The molecule has 1 unspecified atom stereocenters. The van der Waals surface area contributed by atoms with Crippen LogP contribution in [0.2, 0.25) is 0 Å². The Morgan fingerprint density at radius 2 is 2.07 bits per heavy atom. The average molecular weight is 225 g/mol. The van der Waals surface area contributed by atoms with Crippen molar-refractivity contribution in [3.05, 3.63) is 42.5 Å². The number of halogens is 1. The molecule has 0 heterocycles. The smallest absolute Gasteiger partial charge is 0.232 e. The molecule has 1 aromatic rings. The van der Waals surface area contributed by atoms with Crippen molar-refractivity contribution in [3.63, 3.8) is 0 Å². The lowest BCUT2D eigenvalue weighted by molar-refractivity contribution is -0.116. The number of phenols is 1. The molecular formula is C12H13ClO2. The number of benzene rings is 1. The Labute approximate surface area is 94.2 Å². The molecule has 0 amide bonds. The van der Waals surface area contributed by atoms with E-state index in [9.17, 15) is 4.79 Å². The minimum Gasteiger partial charge on any atom is -0.508 e. The largest absolute Gasteiger partial charge is 0.508 e. The molecule has 15 heavy (non-hydrogen) atoms. The Kier molecular flexibility index (Phi) is 3.53. The molecule has 0 saturated carbocycles. The fourth-order valence-electron chi connectivity index (χ4n) is 1.43. The highest BCUT2D eigenvalue weighted by Gasteiger charge is 2.32. The Morgan fingerprint density at radius 1 is 1.53 bits per heavy atom. The molecule has 0 saturated heterocycles. The van der Waals surface area contributed by atoms with Crippen LogP contribution in [0.15, 0.2) is 36.9 Å². The van der Waals surface area contributed by atoms with Crippen molar-refractivity contribution in [2.75, 3.05) is 0 Å². The molecule has 2 nitrogen and oxygen atoms in total. The van der Waals surface area contributed by atoms with Gasteiger partial charge in [0.1, 0.15) is 5.75 Å². The van der Waals surface area contributed by atoms with E-state index in [1.807, 2.05) is 0 Å². The third-order valence-electron chi connectivity index (χ3n) is 2.49. The van der Waals surface area contributed by atoms with Crippen molar-refractivity contribution in [1.29, 1.82) is 0 Å². The van der Waals surface area contributed by atoms with Gasteiger partial charge < -0.3 is 5.11 Å². The Balaban J connectivity index is 3.14. The predicted octanol–water partition coefficient (Wildman–Crippen LogP) is 2.99. The third kappa shape index (κ3) is 2.39. The zero-order chi connectivity index (χ0) is 11.5. The fraction of sp³-hybridized carbons (Fsp3) is 0.250. The van der Waals surface area contributed by atoms with E-state index in [0.717, 1.165) is 5.56 Å². The van der Waals surface area contributed by atoms with Gasteiger partial charge >= 0.3 is 0 Å². The first-order valence-electron chi connectivity index (χ1n) is 4.61. The van der Waals surface area contributed by atoms with Crippen LogP contribution in [0.4, 0.5) is 0 Å². The van der Waals surface area contributed by atoms with E-state index in [0.29, 0.717) is 6.42 Å². The zero-order valence-corrected chi connectivity index (χ0v) is 9.29. The number of rotatable bonds is 4. The van der Waals surface area contributed by atoms with Gasteiger partial charge in [0.25, 0.3) is 0 Å². The van der Waals surface area contributed by atoms with E-state index in [1.54, 1.807) is 25.1 Å². The average Bonchev–Trinajstić information content (AvgIpc) is 2.18. The lowest BCUT2D eigenvalue weighted by Crippen LogP contribution is -2.28. The number of carbonyl (C=O) groups is 1. The van der Waals surface area contributed by atoms with Gasteiger partial charge in [0, 0.05) is 0 Å². The SMILES string of the molecule is C=CCC(C)(C(=O)Cl)c1ccc(O)cc1. The summed E-state index contributed by atoms with van der Waals surface area (Å²) in [6.45, 7) is 5.37. The highest BCUT2D eigenvalue weighted by Crippen LogP contribution is 2.31. The Hall–Kier alpha value is -1.28. The van der Waals surface area contributed by atoms with E-state index < -0.39 is 10.7 Å². The van der Waals surface area contributed by atoms with Crippen LogP contribution < -0.4 is 0 Å². The predicted molar refractivity (Wildman–Crippen MR) is 61.1 cm³/mol. The lowest BCUT2D eigenvalue weighted by Gasteiger charge is -2.24. The summed E-state index contributed by atoms with van der Waals surface area (Å²) >= 11 is 5.59. The summed E-state index contributed by atoms with van der Waals surface area (Å²) in [7, 11) is 0. The van der Waals surface area contributed by atoms with E-state index >= 15 is 0 Å². The minimum atomic E-state index is -0.767. The number of allylic oxidation sites excluding steroid dienone is 1. The van der Waals surface area contributed by atoms with Crippen LogP contribution in [0.1, 0.15) is 18.9 Å². The Morgan fingerprint density at radius 3 is 2.47 bits per heavy atom. The molecule has 0 aliphatic heterocycles. The van der Waals surface area contributed by atoms with E-state index in [4.69, 9.17) is 16.7 Å². The van der Waals surface area contributed by atoms with Crippen molar-refractivity contribution < 1.29 is 9.90 Å². The maximum atomic E-state index is 11.4. The summed E-state index contributed by atoms with van der Waals surface area (Å²) in [4.78, 5) is 11.4. The maximum absolute atomic E-state index is 11.4. The van der Waals surface area contributed by atoms with Gasteiger partial charge in [-0.25, -0.2) is 0 Å².